The van der Waals surface area contributed by atoms with Crippen LogP contribution in [0.5, 0.6) is 0 Å². The standard InChI is InChI=1S/C22H24N4O2S/c1-25(2)19-5-3-4-17(14-19)21(27)23-18-8-6-16(7-9-18)20-15-29-22(24-20)26-10-12-28-13-11-26/h3-9,14-15H,10-13H2,1-2H3,(H,23,27). The Morgan fingerprint density at radius 2 is 1.90 bits per heavy atom. The van der Waals surface area contributed by atoms with Crippen LogP contribution in [0.3, 0.4) is 0 Å². The van der Waals surface area contributed by atoms with Gasteiger partial charge in [0.25, 0.3) is 5.91 Å². The van der Waals surface area contributed by atoms with E-state index in [4.69, 9.17) is 9.72 Å². The number of aromatic nitrogens is 1. The van der Waals surface area contributed by atoms with Crippen molar-refractivity contribution in [3.05, 3.63) is 59.5 Å². The fraction of sp³-hybridized carbons (Fsp3) is 0.273. The molecule has 4 rings (SSSR count). The molecule has 1 aliphatic heterocycles. The quantitative estimate of drug-likeness (QED) is 0.692. The molecule has 3 aromatic rings. The Balaban J connectivity index is 1.43. The second-order valence-corrected chi connectivity index (χ2v) is 7.93. The van der Waals surface area contributed by atoms with Crippen molar-refractivity contribution in [1.82, 2.24) is 4.98 Å². The molecule has 0 spiro atoms. The molecule has 1 saturated heterocycles. The predicted molar refractivity (Wildman–Crippen MR) is 119 cm³/mol. The lowest BCUT2D eigenvalue weighted by Crippen LogP contribution is -2.36. The molecule has 1 fully saturated rings. The molecule has 1 amide bonds. The number of ether oxygens (including phenoxy) is 1. The molecule has 2 heterocycles. The number of amides is 1. The van der Waals surface area contributed by atoms with Crippen molar-refractivity contribution in [3.63, 3.8) is 0 Å². The number of benzene rings is 2. The zero-order chi connectivity index (χ0) is 20.2. The summed E-state index contributed by atoms with van der Waals surface area (Å²) >= 11 is 1.65. The number of nitrogens with zero attached hydrogens (tertiary/aromatic N) is 3. The molecule has 0 bridgehead atoms. The molecule has 0 radical (unpaired) electrons. The highest BCUT2D eigenvalue weighted by Crippen LogP contribution is 2.28. The minimum absolute atomic E-state index is 0.121. The average molecular weight is 409 g/mol. The Bertz CT molecular complexity index is 978. The first-order chi connectivity index (χ1) is 14.1. The normalized spacial score (nSPS) is 13.9. The third kappa shape index (κ3) is 4.58. The van der Waals surface area contributed by atoms with Gasteiger partial charge in [0, 0.05) is 55.1 Å². The molecule has 0 saturated carbocycles. The van der Waals surface area contributed by atoms with Gasteiger partial charge in [0.1, 0.15) is 0 Å². The second-order valence-electron chi connectivity index (χ2n) is 7.09. The Morgan fingerprint density at radius 3 is 2.62 bits per heavy atom. The van der Waals surface area contributed by atoms with Gasteiger partial charge in [-0.25, -0.2) is 4.98 Å². The molecule has 2 aromatic carbocycles. The van der Waals surface area contributed by atoms with E-state index in [9.17, 15) is 4.79 Å². The maximum atomic E-state index is 12.6. The zero-order valence-electron chi connectivity index (χ0n) is 16.6. The van der Waals surface area contributed by atoms with E-state index < -0.39 is 0 Å². The van der Waals surface area contributed by atoms with Crippen LogP contribution in [0.4, 0.5) is 16.5 Å². The average Bonchev–Trinajstić information content (AvgIpc) is 3.25. The van der Waals surface area contributed by atoms with Crippen LogP contribution >= 0.6 is 11.3 Å². The first kappa shape index (κ1) is 19.4. The van der Waals surface area contributed by atoms with Crippen molar-refractivity contribution in [2.45, 2.75) is 0 Å². The van der Waals surface area contributed by atoms with E-state index in [1.165, 1.54) is 0 Å². The van der Waals surface area contributed by atoms with Gasteiger partial charge in [-0.3, -0.25) is 4.79 Å². The van der Waals surface area contributed by atoms with Gasteiger partial charge in [0.15, 0.2) is 5.13 Å². The molecule has 0 unspecified atom stereocenters. The van der Waals surface area contributed by atoms with Crippen LogP contribution in [0.25, 0.3) is 11.3 Å². The molecule has 7 heteroatoms. The highest BCUT2D eigenvalue weighted by Gasteiger charge is 2.15. The molecule has 29 heavy (non-hydrogen) atoms. The fourth-order valence-corrected chi connectivity index (χ4v) is 4.04. The minimum atomic E-state index is -0.121. The van der Waals surface area contributed by atoms with Crippen LogP contribution in [0.1, 0.15) is 10.4 Å². The molecule has 1 aromatic heterocycles. The highest BCUT2D eigenvalue weighted by molar-refractivity contribution is 7.14. The summed E-state index contributed by atoms with van der Waals surface area (Å²) in [6.07, 6.45) is 0. The molecule has 150 valence electrons. The zero-order valence-corrected chi connectivity index (χ0v) is 17.4. The molecule has 1 aliphatic rings. The highest BCUT2D eigenvalue weighted by atomic mass is 32.1. The van der Waals surface area contributed by atoms with Crippen LogP contribution in [-0.4, -0.2) is 51.3 Å². The number of rotatable bonds is 5. The van der Waals surface area contributed by atoms with Gasteiger partial charge in [-0.2, -0.15) is 0 Å². The molecule has 1 N–H and O–H groups in total. The van der Waals surface area contributed by atoms with Gasteiger partial charge in [0.2, 0.25) is 0 Å². The first-order valence-electron chi connectivity index (χ1n) is 9.57. The van der Waals surface area contributed by atoms with E-state index in [-0.39, 0.29) is 5.91 Å². The van der Waals surface area contributed by atoms with Crippen LogP contribution < -0.4 is 15.1 Å². The summed E-state index contributed by atoms with van der Waals surface area (Å²) in [4.78, 5) is 21.6. The Morgan fingerprint density at radius 1 is 1.14 bits per heavy atom. The topological polar surface area (TPSA) is 57.7 Å². The van der Waals surface area contributed by atoms with E-state index >= 15 is 0 Å². The number of nitrogens with one attached hydrogen (secondary N) is 1. The first-order valence-corrected chi connectivity index (χ1v) is 10.5. The minimum Gasteiger partial charge on any atom is -0.378 e. The SMILES string of the molecule is CN(C)c1cccc(C(=O)Nc2ccc(-c3csc(N4CCOCC4)n3)cc2)c1. The number of anilines is 3. The van der Waals surface area contributed by atoms with Crippen LogP contribution in [0.2, 0.25) is 0 Å². The van der Waals surface area contributed by atoms with Gasteiger partial charge >= 0.3 is 0 Å². The number of hydrogen-bond donors (Lipinski definition) is 1. The van der Waals surface area contributed by atoms with Gasteiger partial charge in [-0.05, 0) is 30.3 Å². The number of morpholine rings is 1. The van der Waals surface area contributed by atoms with Crippen molar-refractivity contribution < 1.29 is 9.53 Å². The van der Waals surface area contributed by atoms with E-state index in [2.05, 4.69) is 15.6 Å². The Hall–Kier alpha value is -2.90. The predicted octanol–water partition coefficient (Wildman–Crippen LogP) is 3.97. The second kappa shape index (κ2) is 8.63. The summed E-state index contributed by atoms with van der Waals surface area (Å²) in [6, 6.07) is 15.4. The molecule has 6 nitrogen and oxygen atoms in total. The van der Waals surface area contributed by atoms with Gasteiger partial charge < -0.3 is 19.9 Å². The number of thiazole rings is 1. The third-order valence-electron chi connectivity index (χ3n) is 4.84. The summed E-state index contributed by atoms with van der Waals surface area (Å²) in [5.74, 6) is -0.121. The lowest BCUT2D eigenvalue weighted by Gasteiger charge is -2.26. The summed E-state index contributed by atoms with van der Waals surface area (Å²) < 4.78 is 5.41. The molecular weight excluding hydrogens is 384 g/mol. The van der Waals surface area contributed by atoms with E-state index in [1.54, 1.807) is 11.3 Å². The Labute approximate surface area is 174 Å². The van der Waals surface area contributed by atoms with Crippen molar-refractivity contribution in [1.29, 1.82) is 0 Å². The summed E-state index contributed by atoms with van der Waals surface area (Å²) in [5, 5.41) is 6.07. The summed E-state index contributed by atoms with van der Waals surface area (Å²) in [5.41, 5.74) is 4.38. The van der Waals surface area contributed by atoms with Crippen LogP contribution in [0.15, 0.2) is 53.9 Å². The largest absolute Gasteiger partial charge is 0.378 e. The van der Waals surface area contributed by atoms with Crippen molar-refractivity contribution in [2.75, 3.05) is 55.5 Å². The smallest absolute Gasteiger partial charge is 0.255 e. The Kier molecular flexibility index (Phi) is 5.78. The number of hydrogen-bond acceptors (Lipinski definition) is 6. The maximum absolute atomic E-state index is 12.6. The van der Waals surface area contributed by atoms with E-state index in [0.29, 0.717) is 5.56 Å². The summed E-state index contributed by atoms with van der Waals surface area (Å²) in [6.45, 7) is 3.27. The third-order valence-corrected chi connectivity index (χ3v) is 5.74. The van der Waals surface area contributed by atoms with Crippen LogP contribution in [-0.2, 0) is 4.74 Å². The monoisotopic (exact) mass is 408 g/mol. The fourth-order valence-electron chi connectivity index (χ4n) is 3.15. The van der Waals surface area contributed by atoms with E-state index in [0.717, 1.165) is 54.1 Å². The van der Waals surface area contributed by atoms with Gasteiger partial charge in [-0.1, -0.05) is 18.2 Å². The van der Waals surface area contributed by atoms with Crippen LogP contribution in [0, 0.1) is 0 Å². The maximum Gasteiger partial charge on any atom is 0.255 e. The molecule has 0 atom stereocenters. The van der Waals surface area contributed by atoms with Crippen molar-refractivity contribution in [3.8, 4) is 11.3 Å². The lowest BCUT2D eigenvalue weighted by molar-refractivity contribution is 0.102. The summed E-state index contributed by atoms with van der Waals surface area (Å²) in [7, 11) is 3.91. The number of carbonyl (C=O) groups is 1. The molecule has 0 aliphatic carbocycles. The lowest BCUT2D eigenvalue weighted by atomic mass is 10.1. The molecular formula is C22H24N4O2S. The van der Waals surface area contributed by atoms with Gasteiger partial charge in [0.05, 0.1) is 18.9 Å². The van der Waals surface area contributed by atoms with Crippen molar-refractivity contribution in [2.24, 2.45) is 0 Å². The number of carbonyl (C=O) groups excluding carboxylic acids is 1. The van der Waals surface area contributed by atoms with Gasteiger partial charge in [-0.15, -0.1) is 11.3 Å². The van der Waals surface area contributed by atoms with Crippen molar-refractivity contribution >= 4 is 33.8 Å². The van der Waals surface area contributed by atoms with E-state index in [1.807, 2.05) is 67.5 Å².